The molecule has 0 bridgehead atoms. The van der Waals surface area contributed by atoms with E-state index in [-0.39, 0.29) is 5.95 Å². The van der Waals surface area contributed by atoms with E-state index in [0.717, 1.165) is 22.2 Å². The first-order chi connectivity index (χ1) is 10.2. The number of aryl methyl sites for hydroxylation is 1. The van der Waals surface area contributed by atoms with E-state index in [9.17, 15) is 0 Å². The van der Waals surface area contributed by atoms with E-state index in [4.69, 9.17) is 11.0 Å². The van der Waals surface area contributed by atoms with Crippen LogP contribution < -0.4 is 11.1 Å². The molecule has 0 radical (unpaired) electrons. The van der Waals surface area contributed by atoms with Crippen molar-refractivity contribution in [3.05, 3.63) is 53.6 Å². The molecule has 21 heavy (non-hydrogen) atoms. The molecule has 2 aromatic carbocycles. The van der Waals surface area contributed by atoms with Gasteiger partial charge in [0.15, 0.2) is 0 Å². The van der Waals surface area contributed by atoms with Gasteiger partial charge in [0.05, 0.1) is 17.1 Å². The number of hydrogen-bond acceptors (Lipinski definition) is 5. The van der Waals surface area contributed by atoms with Gasteiger partial charge in [0.1, 0.15) is 5.82 Å². The summed E-state index contributed by atoms with van der Waals surface area (Å²) in [5, 5.41) is 13.1. The Morgan fingerprint density at radius 1 is 1.14 bits per heavy atom. The lowest BCUT2D eigenvalue weighted by Gasteiger charge is -2.11. The van der Waals surface area contributed by atoms with Crippen molar-refractivity contribution in [1.29, 1.82) is 5.26 Å². The number of nitrogens with one attached hydrogen (secondary N) is 1. The average Bonchev–Trinajstić information content (AvgIpc) is 2.49. The quantitative estimate of drug-likeness (QED) is 0.750. The van der Waals surface area contributed by atoms with Crippen LogP contribution in [0.5, 0.6) is 0 Å². The molecule has 3 aromatic rings. The molecule has 0 aliphatic rings. The van der Waals surface area contributed by atoms with Crippen LogP contribution >= 0.6 is 0 Å². The zero-order valence-corrected chi connectivity index (χ0v) is 11.5. The number of hydrogen-bond donors (Lipinski definition) is 2. The van der Waals surface area contributed by atoms with Crippen LogP contribution in [0, 0.1) is 18.3 Å². The lowest BCUT2D eigenvalue weighted by molar-refractivity contribution is 1.23. The predicted molar refractivity (Wildman–Crippen MR) is 83.1 cm³/mol. The Kier molecular flexibility index (Phi) is 3.13. The molecule has 5 heteroatoms. The number of fused-ring (bicyclic) bond motifs is 1. The first-order valence-corrected chi connectivity index (χ1v) is 6.47. The van der Waals surface area contributed by atoms with Crippen LogP contribution in [0.25, 0.3) is 10.9 Å². The van der Waals surface area contributed by atoms with Gasteiger partial charge in [-0.1, -0.05) is 18.2 Å². The van der Waals surface area contributed by atoms with Gasteiger partial charge >= 0.3 is 0 Å². The highest BCUT2D eigenvalue weighted by molar-refractivity contribution is 5.91. The minimum atomic E-state index is 0.213. The summed E-state index contributed by atoms with van der Waals surface area (Å²) in [6, 6.07) is 15.2. The summed E-state index contributed by atoms with van der Waals surface area (Å²) in [7, 11) is 0. The predicted octanol–water partition coefficient (Wildman–Crippen LogP) is 3.14. The Labute approximate surface area is 122 Å². The van der Waals surface area contributed by atoms with E-state index in [1.54, 1.807) is 12.1 Å². The molecule has 0 saturated carbocycles. The van der Waals surface area contributed by atoms with Crippen LogP contribution in [0.2, 0.25) is 0 Å². The summed E-state index contributed by atoms with van der Waals surface area (Å²) in [5.41, 5.74) is 8.98. The SMILES string of the molecule is Cc1ccc(C#N)cc1Nc1nc(N)nc2ccccc12. The van der Waals surface area contributed by atoms with Gasteiger partial charge in [0.2, 0.25) is 5.95 Å². The largest absolute Gasteiger partial charge is 0.368 e. The van der Waals surface area contributed by atoms with Crippen molar-refractivity contribution in [3.63, 3.8) is 0 Å². The van der Waals surface area contributed by atoms with Gasteiger partial charge in [-0.2, -0.15) is 10.2 Å². The van der Waals surface area contributed by atoms with Crippen LogP contribution in [0.1, 0.15) is 11.1 Å². The maximum absolute atomic E-state index is 9.01. The van der Waals surface area contributed by atoms with E-state index >= 15 is 0 Å². The maximum atomic E-state index is 9.01. The Hall–Kier alpha value is -3.13. The maximum Gasteiger partial charge on any atom is 0.222 e. The summed E-state index contributed by atoms with van der Waals surface area (Å²) < 4.78 is 0. The Balaban J connectivity index is 2.12. The molecule has 1 heterocycles. The zero-order chi connectivity index (χ0) is 14.8. The molecule has 0 atom stereocenters. The van der Waals surface area contributed by atoms with E-state index in [0.29, 0.717) is 11.4 Å². The van der Waals surface area contributed by atoms with Crippen molar-refractivity contribution in [2.45, 2.75) is 6.92 Å². The van der Waals surface area contributed by atoms with Crippen molar-refractivity contribution < 1.29 is 0 Å². The number of nitriles is 1. The number of nitrogens with two attached hydrogens (primary N) is 1. The molecule has 0 fully saturated rings. The summed E-state index contributed by atoms with van der Waals surface area (Å²) >= 11 is 0. The third-order valence-corrected chi connectivity index (χ3v) is 3.24. The van der Waals surface area contributed by atoms with Crippen molar-refractivity contribution in [3.8, 4) is 6.07 Å². The van der Waals surface area contributed by atoms with Crippen LogP contribution in [-0.2, 0) is 0 Å². The van der Waals surface area contributed by atoms with Gasteiger partial charge in [-0.3, -0.25) is 0 Å². The van der Waals surface area contributed by atoms with Crippen LogP contribution in [0.4, 0.5) is 17.5 Å². The lowest BCUT2D eigenvalue weighted by atomic mass is 10.1. The highest BCUT2D eigenvalue weighted by Gasteiger charge is 2.08. The number of nitrogen functional groups attached to an aromatic ring is 1. The fourth-order valence-corrected chi connectivity index (χ4v) is 2.14. The number of benzene rings is 2. The second kappa shape index (κ2) is 5.10. The highest BCUT2D eigenvalue weighted by atomic mass is 15.1. The van der Waals surface area contributed by atoms with Crippen LogP contribution in [0.3, 0.4) is 0 Å². The monoisotopic (exact) mass is 275 g/mol. The fourth-order valence-electron chi connectivity index (χ4n) is 2.14. The molecule has 3 N–H and O–H groups in total. The van der Waals surface area contributed by atoms with Crippen molar-refractivity contribution in [1.82, 2.24) is 9.97 Å². The van der Waals surface area contributed by atoms with Crippen molar-refractivity contribution in [2.75, 3.05) is 11.1 Å². The Morgan fingerprint density at radius 3 is 2.76 bits per heavy atom. The second-order valence-corrected chi connectivity index (χ2v) is 4.71. The third-order valence-electron chi connectivity index (χ3n) is 3.24. The second-order valence-electron chi connectivity index (χ2n) is 4.71. The first-order valence-electron chi connectivity index (χ1n) is 6.47. The number of anilines is 3. The van der Waals surface area contributed by atoms with Gasteiger partial charge in [0.25, 0.3) is 0 Å². The standard InChI is InChI=1S/C16H13N5/c1-10-6-7-11(9-17)8-14(10)19-15-12-4-2-3-5-13(12)20-16(18)21-15/h2-8H,1H3,(H3,18,19,20,21). The van der Waals surface area contributed by atoms with E-state index in [2.05, 4.69) is 21.4 Å². The minimum Gasteiger partial charge on any atom is -0.368 e. The minimum absolute atomic E-state index is 0.213. The van der Waals surface area contributed by atoms with Gasteiger partial charge in [-0.25, -0.2) is 4.98 Å². The molecule has 0 spiro atoms. The third kappa shape index (κ3) is 2.47. The van der Waals surface area contributed by atoms with Crippen LogP contribution in [-0.4, -0.2) is 9.97 Å². The molecule has 0 saturated heterocycles. The molecule has 0 aliphatic carbocycles. The molecule has 0 aliphatic heterocycles. The average molecular weight is 275 g/mol. The molecular weight excluding hydrogens is 262 g/mol. The summed E-state index contributed by atoms with van der Waals surface area (Å²) in [6.07, 6.45) is 0. The number of nitrogens with zero attached hydrogens (tertiary/aromatic N) is 3. The molecule has 0 unspecified atom stereocenters. The van der Waals surface area contributed by atoms with Crippen molar-refractivity contribution >= 4 is 28.4 Å². The first kappa shape index (κ1) is 12.9. The number of para-hydroxylation sites is 1. The number of aromatic nitrogens is 2. The molecule has 5 nitrogen and oxygen atoms in total. The van der Waals surface area contributed by atoms with Gasteiger partial charge in [-0.05, 0) is 36.8 Å². The topological polar surface area (TPSA) is 87.6 Å². The number of rotatable bonds is 2. The molecule has 0 amide bonds. The van der Waals surface area contributed by atoms with Gasteiger partial charge in [0, 0.05) is 11.1 Å². The molecule has 102 valence electrons. The highest BCUT2D eigenvalue weighted by Crippen LogP contribution is 2.26. The molecule has 1 aromatic heterocycles. The van der Waals surface area contributed by atoms with E-state index in [1.807, 2.05) is 37.3 Å². The fraction of sp³-hybridized carbons (Fsp3) is 0.0625. The van der Waals surface area contributed by atoms with E-state index < -0.39 is 0 Å². The molecule has 3 rings (SSSR count). The lowest BCUT2D eigenvalue weighted by Crippen LogP contribution is -2.02. The van der Waals surface area contributed by atoms with Crippen molar-refractivity contribution in [2.24, 2.45) is 0 Å². The van der Waals surface area contributed by atoms with Crippen LogP contribution in [0.15, 0.2) is 42.5 Å². The summed E-state index contributed by atoms with van der Waals surface area (Å²) in [4.78, 5) is 8.47. The Morgan fingerprint density at radius 2 is 1.95 bits per heavy atom. The zero-order valence-electron chi connectivity index (χ0n) is 11.5. The van der Waals surface area contributed by atoms with E-state index in [1.165, 1.54) is 0 Å². The van der Waals surface area contributed by atoms with Gasteiger partial charge < -0.3 is 11.1 Å². The summed E-state index contributed by atoms with van der Waals surface area (Å²) in [5.74, 6) is 0.849. The smallest absolute Gasteiger partial charge is 0.222 e. The van der Waals surface area contributed by atoms with Gasteiger partial charge in [-0.15, -0.1) is 0 Å². The molecular formula is C16H13N5. The Bertz CT molecular complexity index is 864. The normalized spacial score (nSPS) is 10.3. The summed E-state index contributed by atoms with van der Waals surface area (Å²) in [6.45, 7) is 1.97.